The van der Waals surface area contributed by atoms with Gasteiger partial charge in [-0.25, -0.2) is 0 Å². The maximum Gasteiger partial charge on any atom is 0.111 e. The summed E-state index contributed by atoms with van der Waals surface area (Å²) in [6, 6.07) is 0. The van der Waals surface area contributed by atoms with Crippen molar-refractivity contribution in [2.45, 2.75) is 95.5 Å². The molecular formula is C20H38O5. The van der Waals surface area contributed by atoms with Crippen molar-refractivity contribution in [3.05, 3.63) is 12.2 Å². The van der Waals surface area contributed by atoms with Gasteiger partial charge in [-0.2, -0.15) is 0 Å². The van der Waals surface area contributed by atoms with Gasteiger partial charge in [0, 0.05) is 6.61 Å². The highest BCUT2D eigenvalue weighted by atomic mass is 16.6. The normalized spacial score (nSPS) is 27.2. The Bertz CT molecular complexity index is 334. The van der Waals surface area contributed by atoms with Crippen LogP contribution >= 0.6 is 0 Å². The summed E-state index contributed by atoms with van der Waals surface area (Å²) in [5.41, 5.74) is 0. The van der Waals surface area contributed by atoms with Crippen molar-refractivity contribution in [3.63, 3.8) is 0 Å². The standard InChI is InChI=1S/C20H38O5/c1-2-3-4-5-6-7-8-9-10-11-12-13-14-24-16-18-20(23)19(22)17(21)15-25-18/h10-11,17-23H,2-9,12-16H2,1H3/b11-10+/t17-,18+,19+,20+/m1/s1. The molecule has 0 bridgehead atoms. The Morgan fingerprint density at radius 2 is 1.52 bits per heavy atom. The fourth-order valence-corrected chi connectivity index (χ4v) is 2.97. The number of rotatable bonds is 14. The Morgan fingerprint density at radius 1 is 0.880 bits per heavy atom. The van der Waals surface area contributed by atoms with Gasteiger partial charge in [-0.1, -0.05) is 57.6 Å². The molecule has 3 N–H and O–H groups in total. The SMILES string of the molecule is CCCCCCCCC/C=C/CCCOC[C@@H]1OC[C@@H](O)[C@H](O)[C@H]1O. The van der Waals surface area contributed by atoms with Crippen LogP contribution in [0, 0.1) is 0 Å². The summed E-state index contributed by atoms with van der Waals surface area (Å²) < 4.78 is 10.8. The smallest absolute Gasteiger partial charge is 0.111 e. The van der Waals surface area contributed by atoms with E-state index in [1.807, 2.05) is 0 Å². The Morgan fingerprint density at radius 3 is 2.24 bits per heavy atom. The average molecular weight is 359 g/mol. The number of unbranched alkanes of at least 4 members (excludes halogenated alkanes) is 8. The molecule has 0 aromatic rings. The summed E-state index contributed by atoms with van der Waals surface area (Å²) in [6.07, 6.45) is 13.2. The predicted molar refractivity (Wildman–Crippen MR) is 99.6 cm³/mol. The van der Waals surface area contributed by atoms with Crippen molar-refractivity contribution >= 4 is 0 Å². The second kappa shape index (κ2) is 14.7. The molecule has 1 aliphatic heterocycles. The van der Waals surface area contributed by atoms with Gasteiger partial charge >= 0.3 is 0 Å². The van der Waals surface area contributed by atoms with Crippen LogP contribution in [0.3, 0.4) is 0 Å². The summed E-state index contributed by atoms with van der Waals surface area (Å²) in [5, 5.41) is 28.7. The quantitative estimate of drug-likeness (QED) is 0.329. The van der Waals surface area contributed by atoms with E-state index in [2.05, 4.69) is 19.1 Å². The Balaban J connectivity index is 1.88. The van der Waals surface area contributed by atoms with Gasteiger partial charge in [0.25, 0.3) is 0 Å². The van der Waals surface area contributed by atoms with Crippen LogP contribution in [0.2, 0.25) is 0 Å². The van der Waals surface area contributed by atoms with E-state index in [1.54, 1.807) is 0 Å². The molecule has 0 aliphatic carbocycles. The molecule has 148 valence electrons. The van der Waals surface area contributed by atoms with Gasteiger partial charge in [0.2, 0.25) is 0 Å². The lowest BCUT2D eigenvalue weighted by Crippen LogP contribution is -2.54. The molecule has 0 amide bonds. The summed E-state index contributed by atoms with van der Waals surface area (Å²) in [4.78, 5) is 0. The van der Waals surface area contributed by atoms with E-state index in [4.69, 9.17) is 9.47 Å². The molecule has 5 heteroatoms. The fraction of sp³-hybridized carbons (Fsp3) is 0.900. The van der Waals surface area contributed by atoms with Crippen LogP contribution in [0.1, 0.15) is 71.1 Å². The van der Waals surface area contributed by atoms with Crippen LogP contribution in [0.25, 0.3) is 0 Å². The molecule has 1 saturated heterocycles. The minimum atomic E-state index is -1.16. The summed E-state index contributed by atoms with van der Waals surface area (Å²) >= 11 is 0. The van der Waals surface area contributed by atoms with E-state index < -0.39 is 24.4 Å². The molecule has 1 rings (SSSR count). The monoisotopic (exact) mass is 358 g/mol. The van der Waals surface area contributed by atoms with E-state index >= 15 is 0 Å². The fourth-order valence-electron chi connectivity index (χ4n) is 2.97. The number of aliphatic hydroxyl groups is 3. The van der Waals surface area contributed by atoms with Crippen LogP contribution in [0.5, 0.6) is 0 Å². The van der Waals surface area contributed by atoms with E-state index in [0.717, 1.165) is 19.3 Å². The Hall–Kier alpha value is -0.460. The highest BCUT2D eigenvalue weighted by molar-refractivity contribution is 4.86. The van der Waals surface area contributed by atoms with E-state index in [1.165, 1.54) is 44.9 Å². The van der Waals surface area contributed by atoms with E-state index in [0.29, 0.717) is 6.61 Å². The largest absolute Gasteiger partial charge is 0.388 e. The molecule has 5 nitrogen and oxygen atoms in total. The van der Waals surface area contributed by atoms with Crippen LogP contribution in [-0.4, -0.2) is 59.6 Å². The summed E-state index contributed by atoms with van der Waals surface area (Å²) in [6.45, 7) is 3.13. The molecule has 0 spiro atoms. The summed E-state index contributed by atoms with van der Waals surface area (Å²) in [7, 11) is 0. The van der Waals surface area contributed by atoms with Gasteiger partial charge in [0.05, 0.1) is 13.2 Å². The first-order valence-corrected chi connectivity index (χ1v) is 10.0. The maximum absolute atomic E-state index is 9.79. The van der Waals surface area contributed by atoms with Crippen LogP contribution < -0.4 is 0 Å². The maximum atomic E-state index is 9.79. The van der Waals surface area contributed by atoms with Gasteiger partial charge in [-0.3, -0.25) is 0 Å². The molecule has 1 fully saturated rings. The molecule has 4 atom stereocenters. The van der Waals surface area contributed by atoms with Crippen molar-refractivity contribution < 1.29 is 24.8 Å². The van der Waals surface area contributed by atoms with Gasteiger partial charge in [-0.15, -0.1) is 0 Å². The number of allylic oxidation sites excluding steroid dienone is 2. The van der Waals surface area contributed by atoms with E-state index in [-0.39, 0.29) is 13.2 Å². The second-order valence-corrected chi connectivity index (χ2v) is 7.02. The van der Waals surface area contributed by atoms with Crippen molar-refractivity contribution in [2.24, 2.45) is 0 Å². The first kappa shape index (κ1) is 22.6. The lowest BCUT2D eigenvalue weighted by atomic mass is 10.0. The third-order valence-electron chi connectivity index (χ3n) is 4.69. The highest BCUT2D eigenvalue weighted by Crippen LogP contribution is 2.16. The number of aliphatic hydroxyl groups excluding tert-OH is 3. The molecule has 1 aliphatic rings. The first-order valence-electron chi connectivity index (χ1n) is 10.0. The first-order chi connectivity index (χ1) is 12.2. The van der Waals surface area contributed by atoms with E-state index in [9.17, 15) is 15.3 Å². The van der Waals surface area contributed by atoms with Crippen LogP contribution in [0.4, 0.5) is 0 Å². The molecular weight excluding hydrogens is 320 g/mol. The molecule has 0 saturated carbocycles. The zero-order chi connectivity index (χ0) is 18.3. The Kier molecular flexibility index (Phi) is 13.3. The number of hydrogen-bond donors (Lipinski definition) is 3. The van der Waals surface area contributed by atoms with Crippen molar-refractivity contribution in [3.8, 4) is 0 Å². The van der Waals surface area contributed by atoms with Crippen molar-refractivity contribution in [1.29, 1.82) is 0 Å². The zero-order valence-electron chi connectivity index (χ0n) is 15.8. The highest BCUT2D eigenvalue weighted by Gasteiger charge is 2.37. The van der Waals surface area contributed by atoms with Gasteiger partial charge in [0.1, 0.15) is 24.4 Å². The molecule has 0 unspecified atom stereocenters. The molecule has 25 heavy (non-hydrogen) atoms. The van der Waals surface area contributed by atoms with Crippen molar-refractivity contribution in [1.82, 2.24) is 0 Å². The lowest BCUT2D eigenvalue weighted by Gasteiger charge is -2.35. The molecule has 1 heterocycles. The Labute approximate surface area is 153 Å². The summed E-state index contributed by atoms with van der Waals surface area (Å²) in [5.74, 6) is 0. The minimum Gasteiger partial charge on any atom is -0.388 e. The molecule has 0 radical (unpaired) electrons. The molecule has 0 aromatic heterocycles. The zero-order valence-corrected chi connectivity index (χ0v) is 15.8. The topological polar surface area (TPSA) is 79.2 Å². The third kappa shape index (κ3) is 10.3. The minimum absolute atomic E-state index is 0.0353. The number of hydrogen-bond acceptors (Lipinski definition) is 5. The third-order valence-corrected chi connectivity index (χ3v) is 4.69. The van der Waals surface area contributed by atoms with Crippen LogP contribution in [-0.2, 0) is 9.47 Å². The average Bonchev–Trinajstić information content (AvgIpc) is 2.61. The van der Waals surface area contributed by atoms with Crippen molar-refractivity contribution in [2.75, 3.05) is 19.8 Å². The molecule has 0 aromatic carbocycles. The second-order valence-electron chi connectivity index (χ2n) is 7.02. The van der Waals surface area contributed by atoms with Gasteiger partial charge < -0.3 is 24.8 Å². The van der Waals surface area contributed by atoms with Crippen LogP contribution in [0.15, 0.2) is 12.2 Å². The van der Waals surface area contributed by atoms with Gasteiger partial charge in [0.15, 0.2) is 0 Å². The van der Waals surface area contributed by atoms with Gasteiger partial charge in [-0.05, 0) is 25.7 Å². The number of ether oxygens (including phenoxy) is 2. The lowest BCUT2D eigenvalue weighted by molar-refractivity contribution is -0.199. The predicted octanol–water partition coefficient (Wildman–Crippen LogP) is 2.96.